The maximum absolute atomic E-state index is 12.2. The molecule has 0 radical (unpaired) electrons. The number of benzene rings is 1. The molecular weight excluding hydrogens is 440 g/mol. The van der Waals surface area contributed by atoms with E-state index >= 15 is 0 Å². The van der Waals surface area contributed by atoms with Crippen LogP contribution in [0.15, 0.2) is 46.3 Å². The van der Waals surface area contributed by atoms with Crippen LogP contribution >= 0.6 is 11.3 Å². The highest BCUT2D eigenvalue weighted by Gasteiger charge is 2.31. The molecule has 2 heterocycles. The zero-order valence-electron chi connectivity index (χ0n) is 20.0. The number of amides is 1. The average Bonchev–Trinajstić information content (AvgIpc) is 3.39. The van der Waals surface area contributed by atoms with Gasteiger partial charge >= 0.3 is 6.09 Å². The zero-order valence-corrected chi connectivity index (χ0v) is 20.9. The van der Waals surface area contributed by atoms with Crippen molar-refractivity contribution in [2.75, 3.05) is 7.11 Å². The summed E-state index contributed by atoms with van der Waals surface area (Å²) in [6, 6.07) is 12.1. The molecule has 9 heteroatoms. The number of nitrogens with zero attached hydrogens (tertiary/aromatic N) is 3. The summed E-state index contributed by atoms with van der Waals surface area (Å²) in [6.07, 6.45) is -0.533. The van der Waals surface area contributed by atoms with Crippen molar-refractivity contribution in [3.8, 4) is 5.75 Å². The van der Waals surface area contributed by atoms with Gasteiger partial charge in [-0.15, -0.1) is 11.3 Å². The Balaban J connectivity index is 1.74. The number of nitrogens with one attached hydrogen (secondary N) is 1. The first kappa shape index (κ1) is 24.7. The van der Waals surface area contributed by atoms with Crippen molar-refractivity contribution in [3.05, 3.63) is 63.9 Å². The lowest BCUT2D eigenvalue weighted by atomic mass is 10.1. The second-order valence-corrected chi connectivity index (χ2v) is 10.3. The zero-order chi connectivity index (χ0) is 24.1. The van der Waals surface area contributed by atoms with E-state index < -0.39 is 17.2 Å². The minimum atomic E-state index is -0.856. The number of hydrogen-bond donors (Lipinski definition) is 1. The highest BCUT2D eigenvalue weighted by Crippen LogP contribution is 2.24. The van der Waals surface area contributed by atoms with Crippen LogP contribution in [0.5, 0.6) is 5.75 Å². The largest absolute Gasteiger partial charge is 0.496 e. The normalized spacial score (nSPS) is 12.1. The van der Waals surface area contributed by atoms with Gasteiger partial charge in [0, 0.05) is 23.5 Å². The van der Waals surface area contributed by atoms with E-state index in [1.165, 1.54) is 4.88 Å². The molecule has 3 rings (SSSR count). The topological polar surface area (TPSA) is 89.7 Å². The minimum absolute atomic E-state index is 0.386. The molecule has 0 spiro atoms. The Morgan fingerprint density at radius 2 is 1.85 bits per heavy atom. The highest BCUT2D eigenvalue weighted by atomic mass is 32.1. The predicted octanol–water partition coefficient (Wildman–Crippen LogP) is 5.10. The standard InChI is InChI=1S/C24H32N4O4S/c1-23(2,3)31-22(29)26-24(4,5)21-25-20(32-27-21)16-28(15-18-11-9-13-33-18)14-17-10-7-8-12-19(17)30-6/h7-13H,14-16H2,1-6H3,(H,26,29). The summed E-state index contributed by atoms with van der Waals surface area (Å²) in [6.45, 7) is 10.9. The summed E-state index contributed by atoms with van der Waals surface area (Å²) in [5, 5.41) is 9.00. The molecule has 178 valence electrons. The molecule has 3 aromatic rings. The second kappa shape index (κ2) is 10.4. The third kappa shape index (κ3) is 7.30. The Morgan fingerprint density at radius 3 is 2.52 bits per heavy atom. The number of carbonyl (C=O) groups is 1. The molecule has 0 aliphatic rings. The summed E-state index contributed by atoms with van der Waals surface area (Å²) < 4.78 is 16.4. The van der Waals surface area contributed by atoms with Gasteiger partial charge in [0.15, 0.2) is 5.82 Å². The Morgan fingerprint density at radius 1 is 1.09 bits per heavy atom. The van der Waals surface area contributed by atoms with Gasteiger partial charge in [-0.2, -0.15) is 4.98 Å². The van der Waals surface area contributed by atoms with Gasteiger partial charge in [0.05, 0.1) is 13.7 Å². The first-order valence-corrected chi connectivity index (χ1v) is 11.6. The molecule has 0 saturated heterocycles. The van der Waals surface area contributed by atoms with Gasteiger partial charge in [0.25, 0.3) is 0 Å². The number of rotatable bonds is 9. The van der Waals surface area contributed by atoms with Crippen molar-refractivity contribution >= 4 is 17.4 Å². The van der Waals surface area contributed by atoms with Crippen LogP contribution in [0.1, 0.15) is 56.8 Å². The molecule has 0 aliphatic carbocycles. The Bertz CT molecular complexity index is 1040. The Kier molecular flexibility index (Phi) is 7.76. The summed E-state index contributed by atoms with van der Waals surface area (Å²) in [5.41, 5.74) is -0.377. The maximum atomic E-state index is 12.2. The van der Waals surface area contributed by atoms with Crippen molar-refractivity contribution in [2.24, 2.45) is 0 Å². The minimum Gasteiger partial charge on any atom is -0.496 e. The van der Waals surface area contributed by atoms with Crippen molar-refractivity contribution in [2.45, 2.75) is 65.4 Å². The van der Waals surface area contributed by atoms with Gasteiger partial charge in [-0.3, -0.25) is 4.90 Å². The van der Waals surface area contributed by atoms with Gasteiger partial charge in [-0.05, 0) is 52.1 Å². The number of para-hydroxylation sites is 1. The van der Waals surface area contributed by atoms with Crippen LogP contribution in [-0.4, -0.2) is 33.8 Å². The number of thiophene rings is 1. The van der Waals surface area contributed by atoms with Crippen LogP contribution in [0.25, 0.3) is 0 Å². The molecule has 2 aromatic heterocycles. The van der Waals surface area contributed by atoms with Crippen LogP contribution in [0.3, 0.4) is 0 Å². The third-order valence-corrected chi connectivity index (χ3v) is 5.61. The summed E-state index contributed by atoms with van der Waals surface area (Å²) in [5.74, 6) is 1.69. The number of aromatic nitrogens is 2. The number of ether oxygens (including phenoxy) is 2. The molecule has 0 atom stereocenters. The maximum Gasteiger partial charge on any atom is 0.408 e. The molecular formula is C24H32N4O4S. The van der Waals surface area contributed by atoms with Crippen molar-refractivity contribution in [1.82, 2.24) is 20.4 Å². The molecule has 0 unspecified atom stereocenters. The monoisotopic (exact) mass is 472 g/mol. The summed E-state index contributed by atoms with van der Waals surface area (Å²) >= 11 is 1.70. The summed E-state index contributed by atoms with van der Waals surface area (Å²) in [4.78, 5) is 20.3. The van der Waals surface area contributed by atoms with E-state index in [4.69, 9.17) is 14.0 Å². The van der Waals surface area contributed by atoms with Gasteiger partial charge < -0.3 is 19.3 Å². The van der Waals surface area contributed by atoms with E-state index in [0.717, 1.165) is 17.9 Å². The van der Waals surface area contributed by atoms with Gasteiger partial charge in [0.1, 0.15) is 16.9 Å². The average molecular weight is 473 g/mol. The van der Waals surface area contributed by atoms with Crippen molar-refractivity contribution in [1.29, 1.82) is 0 Å². The number of carbonyl (C=O) groups excluding carboxylic acids is 1. The van der Waals surface area contributed by atoms with Gasteiger partial charge in [0.2, 0.25) is 5.89 Å². The molecule has 0 bridgehead atoms. The van der Waals surface area contributed by atoms with E-state index in [9.17, 15) is 4.79 Å². The fraction of sp³-hybridized carbons (Fsp3) is 0.458. The van der Waals surface area contributed by atoms with Crippen molar-refractivity contribution in [3.63, 3.8) is 0 Å². The lowest BCUT2D eigenvalue weighted by Gasteiger charge is -2.26. The molecule has 1 aromatic carbocycles. The quantitative estimate of drug-likeness (QED) is 0.463. The number of alkyl carbamates (subject to hydrolysis) is 1. The number of hydrogen-bond acceptors (Lipinski definition) is 8. The molecule has 0 aliphatic heterocycles. The summed E-state index contributed by atoms with van der Waals surface area (Å²) in [7, 11) is 1.67. The van der Waals surface area contributed by atoms with Gasteiger partial charge in [-0.1, -0.05) is 29.4 Å². The Labute approximate surface area is 198 Å². The lowest BCUT2D eigenvalue weighted by molar-refractivity contribution is 0.0465. The van der Waals surface area contributed by atoms with E-state index in [-0.39, 0.29) is 0 Å². The van der Waals surface area contributed by atoms with Gasteiger partial charge in [-0.25, -0.2) is 4.79 Å². The van der Waals surface area contributed by atoms with E-state index in [1.54, 1.807) is 18.4 Å². The first-order chi connectivity index (χ1) is 15.6. The molecule has 1 amide bonds. The second-order valence-electron chi connectivity index (χ2n) is 9.30. The van der Waals surface area contributed by atoms with Crippen LogP contribution in [-0.2, 0) is 29.9 Å². The fourth-order valence-electron chi connectivity index (χ4n) is 3.24. The lowest BCUT2D eigenvalue weighted by Crippen LogP contribution is -2.44. The first-order valence-electron chi connectivity index (χ1n) is 10.8. The molecule has 0 saturated carbocycles. The van der Waals surface area contributed by atoms with Crippen molar-refractivity contribution < 1.29 is 18.8 Å². The molecule has 0 fully saturated rings. The fourth-order valence-corrected chi connectivity index (χ4v) is 3.99. The van der Waals surface area contributed by atoms with Crippen LogP contribution in [0, 0.1) is 0 Å². The smallest absolute Gasteiger partial charge is 0.408 e. The third-order valence-electron chi connectivity index (χ3n) is 4.75. The predicted molar refractivity (Wildman–Crippen MR) is 127 cm³/mol. The van der Waals surface area contributed by atoms with Crippen LogP contribution in [0.4, 0.5) is 4.79 Å². The molecule has 33 heavy (non-hydrogen) atoms. The van der Waals surface area contributed by atoms with Crippen LogP contribution < -0.4 is 10.1 Å². The van der Waals surface area contributed by atoms with Crippen LogP contribution in [0.2, 0.25) is 0 Å². The Hall–Kier alpha value is -2.91. The van der Waals surface area contributed by atoms with E-state index in [0.29, 0.717) is 24.8 Å². The molecule has 8 nitrogen and oxygen atoms in total. The van der Waals surface area contributed by atoms with E-state index in [2.05, 4.69) is 31.8 Å². The molecule has 1 N–H and O–H groups in total. The highest BCUT2D eigenvalue weighted by molar-refractivity contribution is 7.09. The number of methoxy groups -OCH3 is 1. The van der Waals surface area contributed by atoms with E-state index in [1.807, 2.05) is 65.0 Å². The SMILES string of the molecule is COc1ccccc1CN(Cc1nc(C(C)(C)NC(=O)OC(C)(C)C)no1)Cc1cccs1.